The lowest BCUT2D eigenvalue weighted by Gasteiger charge is -2.37. The molecule has 0 radical (unpaired) electrons. The summed E-state index contributed by atoms with van der Waals surface area (Å²) in [6.45, 7) is 0. The van der Waals surface area contributed by atoms with Crippen LogP contribution in [0.5, 0.6) is 0 Å². The molecule has 2 unspecified atom stereocenters. The fourth-order valence-electron chi connectivity index (χ4n) is 9.23. The maximum Gasteiger partial charge on any atom is 0.0352 e. The quantitative estimate of drug-likeness (QED) is 0.166. The van der Waals surface area contributed by atoms with Crippen molar-refractivity contribution < 1.29 is 0 Å². The van der Waals surface area contributed by atoms with E-state index in [4.69, 9.17) is 0 Å². The van der Waals surface area contributed by atoms with Gasteiger partial charge in [0.15, 0.2) is 0 Å². The highest BCUT2D eigenvalue weighted by Gasteiger charge is 2.37. The molecule has 0 N–H and O–H groups in total. The van der Waals surface area contributed by atoms with E-state index in [9.17, 15) is 0 Å². The van der Waals surface area contributed by atoms with Crippen molar-refractivity contribution >= 4 is 53.9 Å². The zero-order valence-electron chi connectivity index (χ0n) is 28.6. The molecule has 0 aliphatic heterocycles. The van der Waals surface area contributed by atoms with Gasteiger partial charge in [-0.1, -0.05) is 182 Å². The van der Waals surface area contributed by atoms with Gasteiger partial charge in [0.2, 0.25) is 0 Å². The second-order valence-electron chi connectivity index (χ2n) is 14.4. The molecular weight excluding hydrogens is 625 g/mol. The summed E-state index contributed by atoms with van der Waals surface area (Å²) >= 11 is 0. The van der Waals surface area contributed by atoms with Crippen LogP contribution in [0.3, 0.4) is 0 Å². The van der Waals surface area contributed by atoms with Gasteiger partial charge in [-0.05, 0) is 111 Å². The van der Waals surface area contributed by atoms with Crippen LogP contribution in [-0.4, -0.2) is 0 Å². The highest BCUT2D eigenvalue weighted by Crippen LogP contribution is 2.54. The zero-order chi connectivity index (χ0) is 34.2. The number of benzene rings is 10. The summed E-state index contributed by atoms with van der Waals surface area (Å²) < 4.78 is 0. The summed E-state index contributed by atoms with van der Waals surface area (Å²) in [7, 11) is 0. The van der Waals surface area contributed by atoms with E-state index in [0.717, 1.165) is 0 Å². The van der Waals surface area contributed by atoms with E-state index in [1.54, 1.807) is 0 Å². The first-order chi connectivity index (χ1) is 25.8. The lowest BCUT2D eigenvalue weighted by atomic mass is 9.65. The lowest BCUT2D eigenvalue weighted by molar-refractivity contribution is 0.839. The fourth-order valence-corrected chi connectivity index (χ4v) is 9.23. The Bertz CT molecular complexity index is 3040. The van der Waals surface area contributed by atoms with Crippen LogP contribution >= 0.6 is 0 Å². The Morgan fingerprint density at radius 3 is 1.17 bits per heavy atom. The van der Waals surface area contributed by atoms with Gasteiger partial charge in [0.1, 0.15) is 0 Å². The molecule has 10 aromatic rings. The first-order valence-electron chi connectivity index (χ1n) is 18.3. The van der Waals surface area contributed by atoms with E-state index >= 15 is 0 Å². The second kappa shape index (κ2) is 11.5. The van der Waals surface area contributed by atoms with Gasteiger partial charge in [-0.3, -0.25) is 0 Å². The molecule has 0 bridgehead atoms. The van der Waals surface area contributed by atoms with Crippen molar-refractivity contribution in [3.8, 4) is 11.1 Å². The molecule has 1 aliphatic rings. The topological polar surface area (TPSA) is 0 Å². The monoisotopic (exact) mass is 658 g/mol. The molecule has 2 atom stereocenters. The van der Waals surface area contributed by atoms with Crippen LogP contribution in [0, 0.1) is 0 Å². The van der Waals surface area contributed by atoms with Crippen LogP contribution in [0.4, 0.5) is 0 Å². The molecule has 0 aromatic heterocycles. The Labute approximate surface area is 303 Å². The molecule has 0 spiro atoms. The van der Waals surface area contributed by atoms with Crippen molar-refractivity contribution in [1.82, 2.24) is 0 Å². The Hall–Kier alpha value is -6.50. The molecule has 52 heavy (non-hydrogen) atoms. The maximum atomic E-state index is 2.51. The summed E-state index contributed by atoms with van der Waals surface area (Å²) in [5, 5.41) is 12.9. The largest absolute Gasteiger partial charge is 0.0616 e. The van der Waals surface area contributed by atoms with E-state index in [-0.39, 0.29) is 11.8 Å². The first-order valence-corrected chi connectivity index (χ1v) is 18.3. The minimum absolute atomic E-state index is 0.0428. The zero-order valence-corrected chi connectivity index (χ0v) is 28.6. The predicted octanol–water partition coefficient (Wildman–Crippen LogP) is 13.8. The third kappa shape index (κ3) is 4.48. The molecule has 0 saturated heterocycles. The SMILES string of the molecule is c1ccc2cc(-c3ccc4c(c3)C(c3ccc5ccccc5c3)c3c(c5ccccc5c5ccccc35)C4c3ccc4ccccc4c3)ccc2c1. The van der Waals surface area contributed by atoms with Crippen molar-refractivity contribution in [3.05, 3.63) is 228 Å². The molecule has 11 rings (SSSR count). The van der Waals surface area contributed by atoms with Crippen molar-refractivity contribution in [2.24, 2.45) is 0 Å². The van der Waals surface area contributed by atoms with Gasteiger partial charge in [0.05, 0.1) is 0 Å². The van der Waals surface area contributed by atoms with E-state index in [2.05, 4.69) is 194 Å². The van der Waals surface area contributed by atoms with Gasteiger partial charge in [0.25, 0.3) is 0 Å². The number of fused-ring (bicyclic) bond motifs is 10. The average Bonchev–Trinajstić information content (AvgIpc) is 3.22. The highest BCUT2D eigenvalue weighted by atomic mass is 14.4. The summed E-state index contributed by atoms with van der Waals surface area (Å²) in [6, 6.07) is 72.9. The lowest BCUT2D eigenvalue weighted by Crippen LogP contribution is -2.21. The predicted molar refractivity (Wildman–Crippen MR) is 221 cm³/mol. The smallest absolute Gasteiger partial charge is 0.0352 e. The molecular formula is C52H34. The van der Waals surface area contributed by atoms with Gasteiger partial charge >= 0.3 is 0 Å². The van der Waals surface area contributed by atoms with Crippen molar-refractivity contribution in [2.75, 3.05) is 0 Å². The Balaban J connectivity index is 1.27. The fraction of sp³-hybridized carbons (Fsp3) is 0.0385. The van der Waals surface area contributed by atoms with Gasteiger partial charge in [-0.15, -0.1) is 0 Å². The Kier molecular flexibility index (Phi) is 6.48. The molecule has 10 aromatic carbocycles. The minimum atomic E-state index is 0.0428. The minimum Gasteiger partial charge on any atom is -0.0616 e. The van der Waals surface area contributed by atoms with Crippen LogP contribution in [0.2, 0.25) is 0 Å². The molecule has 242 valence electrons. The number of hydrogen-bond donors (Lipinski definition) is 0. The standard InChI is InChI=1S/C52H34/c1-4-14-36-29-39(24-21-33(36)11-1)40-27-28-47-48(32-40)50(42-26-23-35-13-3-6-16-38(35)31-42)52-46-20-10-8-18-44(46)43-17-7-9-19-45(43)51(52)49(47)41-25-22-34-12-2-5-15-37(34)30-41/h1-32,49-50H. The van der Waals surface area contributed by atoms with E-state index in [0.29, 0.717) is 0 Å². The van der Waals surface area contributed by atoms with Gasteiger partial charge in [-0.25, -0.2) is 0 Å². The van der Waals surface area contributed by atoms with Gasteiger partial charge in [-0.2, -0.15) is 0 Å². The van der Waals surface area contributed by atoms with E-state index in [1.807, 2.05) is 0 Å². The summed E-state index contributed by atoms with van der Waals surface area (Å²) in [5.41, 5.74) is 10.8. The Morgan fingerprint density at radius 1 is 0.250 bits per heavy atom. The third-order valence-corrected chi connectivity index (χ3v) is 11.6. The van der Waals surface area contributed by atoms with Crippen molar-refractivity contribution in [1.29, 1.82) is 0 Å². The summed E-state index contributed by atoms with van der Waals surface area (Å²) in [4.78, 5) is 0. The van der Waals surface area contributed by atoms with Crippen LogP contribution in [-0.2, 0) is 0 Å². The van der Waals surface area contributed by atoms with Crippen molar-refractivity contribution in [3.63, 3.8) is 0 Å². The van der Waals surface area contributed by atoms with E-state index in [1.165, 1.54) is 98.4 Å². The van der Waals surface area contributed by atoms with Crippen LogP contribution in [0.25, 0.3) is 65.0 Å². The maximum absolute atomic E-state index is 2.51. The van der Waals surface area contributed by atoms with Gasteiger partial charge in [0, 0.05) is 11.8 Å². The molecule has 0 heteroatoms. The summed E-state index contributed by atoms with van der Waals surface area (Å²) in [6.07, 6.45) is 0. The van der Waals surface area contributed by atoms with Gasteiger partial charge < -0.3 is 0 Å². The third-order valence-electron chi connectivity index (χ3n) is 11.6. The second-order valence-corrected chi connectivity index (χ2v) is 14.4. The Morgan fingerprint density at radius 2 is 0.635 bits per heavy atom. The first kappa shape index (κ1) is 29.3. The molecule has 0 saturated carbocycles. The van der Waals surface area contributed by atoms with Crippen LogP contribution in [0.1, 0.15) is 45.2 Å². The average molecular weight is 659 g/mol. The molecule has 0 fully saturated rings. The molecule has 0 amide bonds. The normalized spacial score (nSPS) is 15.3. The molecule has 1 aliphatic carbocycles. The number of hydrogen-bond acceptors (Lipinski definition) is 0. The molecule has 0 nitrogen and oxygen atoms in total. The van der Waals surface area contributed by atoms with Crippen molar-refractivity contribution in [2.45, 2.75) is 11.8 Å². The van der Waals surface area contributed by atoms with E-state index < -0.39 is 0 Å². The summed E-state index contributed by atoms with van der Waals surface area (Å²) in [5.74, 6) is 0.104. The van der Waals surface area contributed by atoms with Crippen LogP contribution < -0.4 is 0 Å². The number of rotatable bonds is 3. The molecule has 0 heterocycles. The van der Waals surface area contributed by atoms with Crippen LogP contribution in [0.15, 0.2) is 194 Å². The highest BCUT2D eigenvalue weighted by molar-refractivity contribution is 6.12.